The van der Waals surface area contributed by atoms with Gasteiger partial charge < -0.3 is 14.8 Å². The predicted molar refractivity (Wildman–Crippen MR) is 97.8 cm³/mol. The standard InChI is InChI=1S/C17H25N5OS/c1-12(2)14-9-20-15(24-14)10-19-13-5-4-7-22(11-13)16-17(23)21(3)8-6-18-16/h6,8-9,12-13,19H,4-5,7,10-11H2,1-3H3. The van der Waals surface area contributed by atoms with Crippen LogP contribution in [-0.4, -0.2) is 33.7 Å². The molecule has 1 aliphatic heterocycles. The second-order valence-electron chi connectivity index (χ2n) is 6.64. The van der Waals surface area contributed by atoms with E-state index in [2.05, 4.69) is 34.0 Å². The molecule has 3 rings (SSSR count). The first-order valence-electron chi connectivity index (χ1n) is 8.49. The quantitative estimate of drug-likeness (QED) is 0.898. The van der Waals surface area contributed by atoms with Crippen LogP contribution in [0.4, 0.5) is 5.82 Å². The lowest BCUT2D eigenvalue weighted by Gasteiger charge is -2.33. The molecule has 1 N–H and O–H groups in total. The smallest absolute Gasteiger partial charge is 0.293 e. The molecule has 2 aromatic heterocycles. The van der Waals surface area contributed by atoms with Crippen molar-refractivity contribution in [2.45, 2.75) is 45.2 Å². The lowest BCUT2D eigenvalue weighted by atomic mass is 10.1. The van der Waals surface area contributed by atoms with E-state index in [0.29, 0.717) is 17.8 Å². The largest absolute Gasteiger partial charge is 0.350 e. The van der Waals surface area contributed by atoms with Gasteiger partial charge >= 0.3 is 0 Å². The van der Waals surface area contributed by atoms with Gasteiger partial charge in [-0.1, -0.05) is 13.8 Å². The normalized spacial score (nSPS) is 18.3. The van der Waals surface area contributed by atoms with Crippen LogP contribution < -0.4 is 15.8 Å². The van der Waals surface area contributed by atoms with Crippen molar-refractivity contribution < 1.29 is 0 Å². The van der Waals surface area contributed by atoms with E-state index in [9.17, 15) is 4.79 Å². The third-order valence-electron chi connectivity index (χ3n) is 4.40. The lowest BCUT2D eigenvalue weighted by molar-refractivity contribution is 0.418. The molecule has 0 aliphatic carbocycles. The number of anilines is 1. The average Bonchev–Trinajstić information content (AvgIpc) is 3.05. The van der Waals surface area contributed by atoms with Crippen LogP contribution in [0.5, 0.6) is 0 Å². The highest BCUT2D eigenvalue weighted by atomic mass is 32.1. The zero-order chi connectivity index (χ0) is 17.1. The van der Waals surface area contributed by atoms with Gasteiger partial charge in [-0.2, -0.15) is 0 Å². The first-order chi connectivity index (χ1) is 11.5. The summed E-state index contributed by atoms with van der Waals surface area (Å²) in [6.45, 7) is 6.87. The Bertz CT molecular complexity index is 739. The third kappa shape index (κ3) is 3.84. The third-order valence-corrected chi connectivity index (χ3v) is 5.70. The van der Waals surface area contributed by atoms with Gasteiger partial charge in [0, 0.05) is 56.2 Å². The van der Waals surface area contributed by atoms with Crippen LogP contribution in [0.2, 0.25) is 0 Å². The minimum Gasteiger partial charge on any atom is -0.350 e. The molecule has 1 fully saturated rings. The summed E-state index contributed by atoms with van der Waals surface area (Å²) in [5.41, 5.74) is -0.0281. The van der Waals surface area contributed by atoms with Crippen molar-refractivity contribution in [1.29, 1.82) is 0 Å². The highest BCUT2D eigenvalue weighted by Crippen LogP contribution is 2.22. The van der Waals surface area contributed by atoms with Gasteiger partial charge in [0.25, 0.3) is 5.56 Å². The van der Waals surface area contributed by atoms with Gasteiger partial charge in [0.15, 0.2) is 5.82 Å². The molecule has 0 radical (unpaired) electrons. The molecule has 1 atom stereocenters. The van der Waals surface area contributed by atoms with Crippen molar-refractivity contribution >= 4 is 17.2 Å². The second-order valence-corrected chi connectivity index (χ2v) is 7.79. The van der Waals surface area contributed by atoms with Crippen LogP contribution in [0.1, 0.15) is 42.5 Å². The molecule has 7 heteroatoms. The predicted octanol–water partition coefficient (Wildman–Crippen LogP) is 2.12. The fourth-order valence-electron chi connectivity index (χ4n) is 2.94. The molecule has 3 heterocycles. The molecule has 130 valence electrons. The highest BCUT2D eigenvalue weighted by Gasteiger charge is 2.23. The second kappa shape index (κ2) is 7.44. The number of hydrogen-bond acceptors (Lipinski definition) is 6. The van der Waals surface area contributed by atoms with E-state index in [-0.39, 0.29) is 5.56 Å². The molecule has 0 saturated carbocycles. The summed E-state index contributed by atoms with van der Waals surface area (Å²) in [5.74, 6) is 1.09. The molecule has 24 heavy (non-hydrogen) atoms. The molecule has 1 unspecified atom stereocenters. The Morgan fingerprint density at radius 1 is 1.42 bits per heavy atom. The zero-order valence-electron chi connectivity index (χ0n) is 14.5. The van der Waals surface area contributed by atoms with Gasteiger partial charge in [0.05, 0.1) is 0 Å². The minimum absolute atomic E-state index is 0.0281. The maximum Gasteiger partial charge on any atom is 0.293 e. The number of nitrogens with one attached hydrogen (secondary N) is 1. The molecule has 0 amide bonds. The van der Waals surface area contributed by atoms with Gasteiger partial charge in [-0.15, -0.1) is 11.3 Å². The molecule has 1 saturated heterocycles. The van der Waals surface area contributed by atoms with Crippen molar-refractivity contribution in [2.75, 3.05) is 18.0 Å². The maximum absolute atomic E-state index is 12.3. The van der Waals surface area contributed by atoms with Crippen LogP contribution in [0.15, 0.2) is 23.4 Å². The summed E-state index contributed by atoms with van der Waals surface area (Å²) >= 11 is 1.78. The maximum atomic E-state index is 12.3. The SMILES string of the molecule is CC(C)c1cnc(CNC2CCCN(c3nccn(C)c3=O)C2)s1. The van der Waals surface area contributed by atoms with Crippen LogP contribution in [0.25, 0.3) is 0 Å². The van der Waals surface area contributed by atoms with Crippen molar-refractivity contribution in [1.82, 2.24) is 19.9 Å². The summed E-state index contributed by atoms with van der Waals surface area (Å²) < 4.78 is 1.59. The van der Waals surface area contributed by atoms with E-state index in [1.54, 1.807) is 35.3 Å². The Hall–Kier alpha value is -1.73. The molecule has 0 aromatic carbocycles. The summed E-state index contributed by atoms with van der Waals surface area (Å²) in [6, 6.07) is 0.358. The number of hydrogen-bond donors (Lipinski definition) is 1. The van der Waals surface area contributed by atoms with E-state index >= 15 is 0 Å². The summed E-state index contributed by atoms with van der Waals surface area (Å²) in [5, 5.41) is 4.72. The fraction of sp³-hybridized carbons (Fsp3) is 0.588. The van der Waals surface area contributed by atoms with Gasteiger partial charge in [0.1, 0.15) is 5.01 Å². The number of thiazole rings is 1. The number of rotatable bonds is 5. The van der Waals surface area contributed by atoms with Crippen molar-refractivity contribution in [3.8, 4) is 0 Å². The number of nitrogens with zero attached hydrogens (tertiary/aromatic N) is 4. The number of aryl methyl sites for hydroxylation is 1. The molecule has 1 aliphatic rings. The molecular weight excluding hydrogens is 322 g/mol. The monoisotopic (exact) mass is 347 g/mol. The van der Waals surface area contributed by atoms with Gasteiger partial charge in [-0.25, -0.2) is 9.97 Å². The van der Waals surface area contributed by atoms with Crippen molar-refractivity contribution in [3.63, 3.8) is 0 Å². The van der Waals surface area contributed by atoms with Crippen molar-refractivity contribution in [2.24, 2.45) is 7.05 Å². The van der Waals surface area contributed by atoms with E-state index in [1.165, 1.54) is 4.88 Å². The van der Waals surface area contributed by atoms with Gasteiger partial charge in [-0.3, -0.25) is 4.79 Å². The van der Waals surface area contributed by atoms with Crippen LogP contribution >= 0.6 is 11.3 Å². The Labute approximate surface area is 146 Å². The number of piperidine rings is 1. The molecule has 2 aromatic rings. The van der Waals surface area contributed by atoms with E-state index in [0.717, 1.165) is 37.5 Å². The van der Waals surface area contributed by atoms with E-state index in [4.69, 9.17) is 0 Å². The molecule has 6 nitrogen and oxygen atoms in total. The Morgan fingerprint density at radius 2 is 2.25 bits per heavy atom. The average molecular weight is 347 g/mol. The fourth-order valence-corrected chi connectivity index (χ4v) is 3.82. The molecular formula is C17H25N5OS. The topological polar surface area (TPSA) is 63.1 Å². The Balaban J connectivity index is 1.61. The zero-order valence-corrected chi connectivity index (χ0v) is 15.3. The van der Waals surface area contributed by atoms with Crippen LogP contribution in [0, 0.1) is 0 Å². The summed E-state index contributed by atoms with van der Waals surface area (Å²) in [4.78, 5) is 24.5. The molecule has 0 spiro atoms. The van der Waals surface area contributed by atoms with Crippen molar-refractivity contribution in [3.05, 3.63) is 38.8 Å². The lowest BCUT2D eigenvalue weighted by Crippen LogP contribution is -2.47. The summed E-state index contributed by atoms with van der Waals surface area (Å²) in [7, 11) is 1.77. The summed E-state index contributed by atoms with van der Waals surface area (Å²) in [6.07, 6.45) is 7.55. The Kier molecular flexibility index (Phi) is 5.30. The molecule has 0 bridgehead atoms. The first kappa shape index (κ1) is 17.1. The van der Waals surface area contributed by atoms with Crippen LogP contribution in [0.3, 0.4) is 0 Å². The minimum atomic E-state index is -0.0281. The highest BCUT2D eigenvalue weighted by molar-refractivity contribution is 7.11. The van der Waals surface area contributed by atoms with E-state index < -0.39 is 0 Å². The Morgan fingerprint density at radius 3 is 3.00 bits per heavy atom. The van der Waals surface area contributed by atoms with E-state index in [1.807, 2.05) is 6.20 Å². The first-order valence-corrected chi connectivity index (χ1v) is 9.31. The van der Waals surface area contributed by atoms with Gasteiger partial charge in [0.2, 0.25) is 0 Å². The number of aromatic nitrogens is 3. The van der Waals surface area contributed by atoms with Gasteiger partial charge in [-0.05, 0) is 18.8 Å². The van der Waals surface area contributed by atoms with Crippen LogP contribution in [-0.2, 0) is 13.6 Å².